The summed E-state index contributed by atoms with van der Waals surface area (Å²) in [7, 11) is 0. The Bertz CT molecular complexity index is 594. The molecule has 2 rings (SSSR count). The van der Waals surface area contributed by atoms with Gasteiger partial charge in [0.1, 0.15) is 13.2 Å². The van der Waals surface area contributed by atoms with Gasteiger partial charge in [-0.2, -0.15) is 0 Å². The molecule has 4 heteroatoms. The first kappa shape index (κ1) is 17.8. The van der Waals surface area contributed by atoms with Crippen LogP contribution in [0.5, 0.6) is 0 Å². The van der Waals surface area contributed by atoms with E-state index in [-0.39, 0.29) is 12.6 Å². The summed E-state index contributed by atoms with van der Waals surface area (Å²) in [6.07, 6.45) is 1.76. The van der Waals surface area contributed by atoms with Gasteiger partial charge in [0.25, 0.3) is 0 Å². The van der Waals surface area contributed by atoms with Crippen molar-refractivity contribution >= 4 is 11.5 Å². The van der Waals surface area contributed by atoms with Gasteiger partial charge in [-0.05, 0) is 11.1 Å². The van der Waals surface area contributed by atoms with Crippen LogP contribution in [0.25, 0.3) is 5.57 Å². The average molecular weight is 326 g/mol. The first-order valence-corrected chi connectivity index (χ1v) is 7.91. The van der Waals surface area contributed by atoms with E-state index in [4.69, 9.17) is 14.2 Å². The molecule has 126 valence electrons. The maximum Gasteiger partial charge on any atom is 0.302 e. The largest absolute Gasteiger partial charge is 0.498 e. The summed E-state index contributed by atoms with van der Waals surface area (Å²) in [5.74, 6) is -0.298. The first-order valence-electron chi connectivity index (χ1n) is 7.91. The molecule has 0 aliphatic rings. The molecule has 0 radical (unpaired) electrons. The zero-order valence-corrected chi connectivity index (χ0v) is 13.8. The van der Waals surface area contributed by atoms with Crippen molar-refractivity contribution < 1.29 is 19.0 Å². The molecule has 0 N–H and O–H groups in total. The molecule has 0 unspecified atom stereocenters. The predicted octanol–water partition coefficient (Wildman–Crippen LogP) is 3.67. The van der Waals surface area contributed by atoms with Gasteiger partial charge in [-0.3, -0.25) is 4.79 Å². The molecule has 0 aliphatic carbocycles. The second kappa shape index (κ2) is 10.2. The summed E-state index contributed by atoms with van der Waals surface area (Å²) in [5.41, 5.74) is 3.22. The SMILES string of the molecule is CC(=O)OCCOCCOC=C(c1ccccc1)c1ccccc1. The van der Waals surface area contributed by atoms with Crippen LogP contribution in [0.1, 0.15) is 18.1 Å². The Morgan fingerprint density at radius 3 is 1.92 bits per heavy atom. The highest BCUT2D eigenvalue weighted by atomic mass is 16.6. The van der Waals surface area contributed by atoms with Crippen molar-refractivity contribution in [3.63, 3.8) is 0 Å². The number of benzene rings is 2. The molecule has 0 aliphatic heterocycles. The van der Waals surface area contributed by atoms with E-state index in [0.29, 0.717) is 19.8 Å². The summed E-state index contributed by atoms with van der Waals surface area (Å²) < 4.78 is 15.8. The van der Waals surface area contributed by atoms with E-state index < -0.39 is 0 Å². The third-order valence-corrected chi connectivity index (χ3v) is 3.25. The van der Waals surface area contributed by atoms with E-state index in [2.05, 4.69) is 24.3 Å². The van der Waals surface area contributed by atoms with Crippen molar-refractivity contribution in [2.24, 2.45) is 0 Å². The van der Waals surface area contributed by atoms with Gasteiger partial charge in [0.15, 0.2) is 0 Å². The quantitative estimate of drug-likeness (QED) is 0.401. The molecule has 4 nitrogen and oxygen atoms in total. The van der Waals surface area contributed by atoms with Crippen LogP contribution >= 0.6 is 0 Å². The molecule has 0 saturated heterocycles. The smallest absolute Gasteiger partial charge is 0.302 e. The molecule has 0 saturated carbocycles. The fourth-order valence-corrected chi connectivity index (χ4v) is 2.13. The van der Waals surface area contributed by atoms with Crippen molar-refractivity contribution in [2.75, 3.05) is 26.4 Å². The van der Waals surface area contributed by atoms with Crippen LogP contribution in [0, 0.1) is 0 Å². The monoisotopic (exact) mass is 326 g/mol. The van der Waals surface area contributed by atoms with Gasteiger partial charge in [0, 0.05) is 12.5 Å². The normalized spacial score (nSPS) is 10.0. The van der Waals surface area contributed by atoms with Crippen LogP contribution in [0.15, 0.2) is 66.9 Å². The first-order chi connectivity index (χ1) is 11.8. The molecule has 0 aromatic heterocycles. The molecule has 24 heavy (non-hydrogen) atoms. The Kier molecular flexibility index (Phi) is 7.57. The number of rotatable bonds is 9. The highest BCUT2D eigenvalue weighted by molar-refractivity contribution is 5.78. The molecule has 2 aromatic rings. The van der Waals surface area contributed by atoms with Gasteiger partial charge >= 0.3 is 5.97 Å². The number of hydrogen-bond donors (Lipinski definition) is 0. The lowest BCUT2D eigenvalue weighted by Gasteiger charge is -2.10. The lowest BCUT2D eigenvalue weighted by atomic mass is 9.99. The van der Waals surface area contributed by atoms with E-state index in [1.54, 1.807) is 6.26 Å². The lowest BCUT2D eigenvalue weighted by molar-refractivity contribution is -0.142. The van der Waals surface area contributed by atoms with Crippen LogP contribution in [0.3, 0.4) is 0 Å². The van der Waals surface area contributed by atoms with Gasteiger partial charge in [-0.25, -0.2) is 0 Å². The maximum absolute atomic E-state index is 10.6. The number of ether oxygens (including phenoxy) is 3. The number of esters is 1. The summed E-state index contributed by atoms with van der Waals surface area (Å²) in [5, 5.41) is 0. The van der Waals surface area contributed by atoms with E-state index in [9.17, 15) is 4.79 Å². The van der Waals surface area contributed by atoms with Gasteiger partial charge in [0.05, 0.1) is 19.5 Å². The molecule has 0 heterocycles. The van der Waals surface area contributed by atoms with E-state index in [1.807, 2.05) is 36.4 Å². The zero-order valence-electron chi connectivity index (χ0n) is 13.8. The van der Waals surface area contributed by atoms with Gasteiger partial charge in [-0.1, -0.05) is 60.7 Å². The van der Waals surface area contributed by atoms with Crippen LogP contribution in [0.2, 0.25) is 0 Å². The number of carbonyl (C=O) groups excluding carboxylic acids is 1. The molecule has 0 fully saturated rings. The number of carbonyl (C=O) groups is 1. The summed E-state index contributed by atoms with van der Waals surface area (Å²) in [6, 6.07) is 20.2. The van der Waals surface area contributed by atoms with Crippen molar-refractivity contribution in [1.82, 2.24) is 0 Å². The molecule has 2 aromatic carbocycles. The van der Waals surface area contributed by atoms with Crippen LogP contribution in [-0.2, 0) is 19.0 Å². The second-order valence-corrected chi connectivity index (χ2v) is 5.09. The molecule has 0 spiro atoms. The lowest BCUT2D eigenvalue weighted by Crippen LogP contribution is -2.10. The fraction of sp³-hybridized carbons (Fsp3) is 0.250. The summed E-state index contributed by atoms with van der Waals surface area (Å²) in [4.78, 5) is 10.6. The Hall–Kier alpha value is -2.59. The minimum Gasteiger partial charge on any atom is -0.498 e. The zero-order chi connectivity index (χ0) is 17.0. The highest BCUT2D eigenvalue weighted by Crippen LogP contribution is 2.22. The van der Waals surface area contributed by atoms with Crippen molar-refractivity contribution in [3.8, 4) is 0 Å². The predicted molar refractivity (Wildman–Crippen MR) is 93.4 cm³/mol. The average Bonchev–Trinajstić information content (AvgIpc) is 2.62. The van der Waals surface area contributed by atoms with Crippen molar-refractivity contribution in [3.05, 3.63) is 78.1 Å². The van der Waals surface area contributed by atoms with E-state index >= 15 is 0 Å². The molecular formula is C20H22O4. The van der Waals surface area contributed by atoms with Crippen molar-refractivity contribution in [1.29, 1.82) is 0 Å². The van der Waals surface area contributed by atoms with Gasteiger partial charge in [0.2, 0.25) is 0 Å². The Morgan fingerprint density at radius 2 is 1.38 bits per heavy atom. The minimum absolute atomic E-state index is 0.268. The third kappa shape index (κ3) is 6.26. The summed E-state index contributed by atoms with van der Waals surface area (Å²) >= 11 is 0. The summed E-state index contributed by atoms with van der Waals surface area (Å²) in [6.45, 7) is 2.89. The van der Waals surface area contributed by atoms with E-state index in [1.165, 1.54) is 6.92 Å². The molecule has 0 atom stereocenters. The van der Waals surface area contributed by atoms with Crippen LogP contribution in [0.4, 0.5) is 0 Å². The fourth-order valence-electron chi connectivity index (χ4n) is 2.13. The second-order valence-electron chi connectivity index (χ2n) is 5.09. The standard InChI is InChI=1S/C20H22O4/c1-17(21)24-15-14-22-12-13-23-16-20(18-8-4-2-5-9-18)19-10-6-3-7-11-19/h2-11,16H,12-15H2,1H3. The minimum atomic E-state index is -0.298. The van der Waals surface area contributed by atoms with Crippen LogP contribution < -0.4 is 0 Å². The molecule has 0 amide bonds. The maximum atomic E-state index is 10.6. The van der Waals surface area contributed by atoms with Gasteiger partial charge in [-0.15, -0.1) is 0 Å². The third-order valence-electron chi connectivity index (χ3n) is 3.25. The Balaban J connectivity index is 1.87. The number of hydrogen-bond acceptors (Lipinski definition) is 4. The molecule has 0 bridgehead atoms. The van der Waals surface area contributed by atoms with E-state index in [0.717, 1.165) is 16.7 Å². The van der Waals surface area contributed by atoms with Crippen LogP contribution in [-0.4, -0.2) is 32.4 Å². The molecular weight excluding hydrogens is 304 g/mol. The topological polar surface area (TPSA) is 44.8 Å². The Labute approximate surface area is 142 Å². The van der Waals surface area contributed by atoms with Gasteiger partial charge < -0.3 is 14.2 Å². The highest BCUT2D eigenvalue weighted by Gasteiger charge is 2.04. The van der Waals surface area contributed by atoms with Crippen molar-refractivity contribution in [2.45, 2.75) is 6.92 Å². The Morgan fingerprint density at radius 1 is 0.833 bits per heavy atom.